The average molecular weight is 249 g/mol. The molecular formula is C14H13F2NO. The molecule has 2 rings (SSSR count). The van der Waals surface area contributed by atoms with Gasteiger partial charge in [-0.25, -0.2) is 8.78 Å². The van der Waals surface area contributed by atoms with Gasteiger partial charge in [0.2, 0.25) is 0 Å². The highest BCUT2D eigenvalue weighted by molar-refractivity contribution is 5.55. The van der Waals surface area contributed by atoms with E-state index in [-0.39, 0.29) is 11.5 Å². The summed E-state index contributed by atoms with van der Waals surface area (Å²) < 4.78 is 32.0. The van der Waals surface area contributed by atoms with E-state index in [1.165, 1.54) is 18.2 Å². The highest BCUT2D eigenvalue weighted by atomic mass is 19.1. The van der Waals surface area contributed by atoms with Crippen LogP contribution in [0.4, 0.5) is 14.5 Å². The van der Waals surface area contributed by atoms with Gasteiger partial charge in [-0.05, 0) is 37.1 Å². The Morgan fingerprint density at radius 1 is 0.944 bits per heavy atom. The second kappa shape index (κ2) is 4.64. The van der Waals surface area contributed by atoms with Crippen molar-refractivity contribution in [2.75, 3.05) is 5.73 Å². The van der Waals surface area contributed by atoms with Gasteiger partial charge in [-0.2, -0.15) is 0 Å². The molecule has 0 aromatic heterocycles. The summed E-state index contributed by atoms with van der Waals surface area (Å²) >= 11 is 0. The van der Waals surface area contributed by atoms with Crippen LogP contribution in [0.3, 0.4) is 0 Å². The molecule has 0 aliphatic carbocycles. The normalized spacial score (nSPS) is 10.4. The van der Waals surface area contributed by atoms with Crippen LogP contribution in [0.25, 0.3) is 0 Å². The highest BCUT2D eigenvalue weighted by Crippen LogP contribution is 2.30. The first-order valence-corrected chi connectivity index (χ1v) is 5.47. The van der Waals surface area contributed by atoms with Crippen molar-refractivity contribution < 1.29 is 13.5 Å². The van der Waals surface area contributed by atoms with Crippen molar-refractivity contribution in [2.45, 2.75) is 13.8 Å². The minimum Gasteiger partial charge on any atom is -0.455 e. The molecule has 0 bridgehead atoms. The second-order valence-electron chi connectivity index (χ2n) is 4.15. The summed E-state index contributed by atoms with van der Waals surface area (Å²) in [5.74, 6) is -0.104. The van der Waals surface area contributed by atoms with Crippen LogP contribution >= 0.6 is 0 Å². The summed E-state index contributed by atoms with van der Waals surface area (Å²) in [6.45, 7) is 3.27. The molecule has 0 saturated carbocycles. The van der Waals surface area contributed by atoms with Gasteiger partial charge < -0.3 is 10.5 Å². The minimum absolute atomic E-state index is 0.180. The molecule has 94 valence electrons. The molecule has 0 amide bonds. The quantitative estimate of drug-likeness (QED) is 0.818. The van der Waals surface area contributed by atoms with E-state index >= 15 is 0 Å². The standard InChI is InChI=1S/C14H13F2NO/c1-8-3-4-10(6-11(8)15)18-14-5-9(2)12(16)7-13(14)17/h3-7H,17H2,1-2H3. The first-order chi connectivity index (χ1) is 8.47. The van der Waals surface area contributed by atoms with Crippen LogP contribution < -0.4 is 10.5 Å². The Morgan fingerprint density at radius 3 is 2.28 bits per heavy atom. The molecular weight excluding hydrogens is 236 g/mol. The number of nitrogen functional groups attached to an aromatic ring is 1. The predicted molar refractivity (Wildman–Crippen MR) is 66.8 cm³/mol. The molecule has 0 fully saturated rings. The van der Waals surface area contributed by atoms with Crippen LogP contribution in [0, 0.1) is 25.5 Å². The summed E-state index contributed by atoms with van der Waals surface area (Å²) in [4.78, 5) is 0. The van der Waals surface area contributed by atoms with Gasteiger partial charge in [-0.1, -0.05) is 6.07 Å². The number of hydrogen-bond donors (Lipinski definition) is 1. The lowest BCUT2D eigenvalue weighted by Crippen LogP contribution is -1.96. The van der Waals surface area contributed by atoms with Crippen LogP contribution in [-0.2, 0) is 0 Å². The first-order valence-electron chi connectivity index (χ1n) is 5.47. The van der Waals surface area contributed by atoms with Crippen molar-refractivity contribution >= 4 is 5.69 Å². The second-order valence-corrected chi connectivity index (χ2v) is 4.15. The maximum atomic E-state index is 13.4. The van der Waals surface area contributed by atoms with Crippen molar-refractivity contribution in [1.82, 2.24) is 0 Å². The highest BCUT2D eigenvalue weighted by Gasteiger charge is 2.08. The van der Waals surface area contributed by atoms with Gasteiger partial charge in [0.05, 0.1) is 5.69 Å². The molecule has 4 heteroatoms. The zero-order chi connectivity index (χ0) is 13.3. The number of halogens is 2. The largest absolute Gasteiger partial charge is 0.455 e. The molecule has 2 aromatic carbocycles. The van der Waals surface area contributed by atoms with E-state index in [9.17, 15) is 8.78 Å². The number of benzene rings is 2. The number of hydrogen-bond acceptors (Lipinski definition) is 2. The fourth-order valence-electron chi connectivity index (χ4n) is 1.52. The Hall–Kier alpha value is -2.10. The molecule has 0 saturated heterocycles. The van der Waals surface area contributed by atoms with E-state index in [1.807, 2.05) is 0 Å². The molecule has 0 unspecified atom stereocenters. The van der Waals surface area contributed by atoms with Gasteiger partial charge in [0.1, 0.15) is 17.4 Å². The zero-order valence-electron chi connectivity index (χ0n) is 10.1. The molecule has 0 radical (unpaired) electrons. The maximum Gasteiger partial charge on any atom is 0.150 e. The van der Waals surface area contributed by atoms with E-state index in [1.54, 1.807) is 26.0 Å². The predicted octanol–water partition coefficient (Wildman–Crippen LogP) is 3.96. The van der Waals surface area contributed by atoms with Crippen LogP contribution in [0.15, 0.2) is 30.3 Å². The van der Waals surface area contributed by atoms with Crippen LogP contribution in [-0.4, -0.2) is 0 Å². The van der Waals surface area contributed by atoms with Crippen molar-refractivity contribution in [2.24, 2.45) is 0 Å². The Kier molecular flexibility index (Phi) is 3.19. The molecule has 0 aliphatic rings. The van der Waals surface area contributed by atoms with E-state index < -0.39 is 5.82 Å². The third-order valence-corrected chi connectivity index (χ3v) is 2.66. The van der Waals surface area contributed by atoms with Gasteiger partial charge in [-0.15, -0.1) is 0 Å². The summed E-state index contributed by atoms with van der Waals surface area (Å²) in [6.07, 6.45) is 0. The smallest absolute Gasteiger partial charge is 0.150 e. The number of aryl methyl sites for hydroxylation is 2. The summed E-state index contributed by atoms with van der Waals surface area (Å²) in [7, 11) is 0. The number of ether oxygens (including phenoxy) is 1. The lowest BCUT2D eigenvalue weighted by molar-refractivity contribution is 0.476. The van der Waals surface area contributed by atoms with Gasteiger partial charge in [-0.3, -0.25) is 0 Å². The third-order valence-electron chi connectivity index (χ3n) is 2.66. The Labute approximate surface area is 104 Å². The lowest BCUT2D eigenvalue weighted by Gasteiger charge is -2.10. The lowest BCUT2D eigenvalue weighted by atomic mass is 10.2. The monoisotopic (exact) mass is 249 g/mol. The van der Waals surface area contributed by atoms with Gasteiger partial charge in [0.25, 0.3) is 0 Å². The summed E-state index contributed by atoms with van der Waals surface area (Å²) in [5.41, 5.74) is 6.78. The van der Waals surface area contributed by atoms with Gasteiger partial charge in [0.15, 0.2) is 5.75 Å². The van der Waals surface area contributed by atoms with Crippen LogP contribution in [0.2, 0.25) is 0 Å². The topological polar surface area (TPSA) is 35.2 Å². The van der Waals surface area contributed by atoms with Crippen molar-refractivity contribution in [3.8, 4) is 11.5 Å². The van der Waals surface area contributed by atoms with E-state index in [0.717, 1.165) is 0 Å². The molecule has 2 aromatic rings. The molecule has 18 heavy (non-hydrogen) atoms. The van der Waals surface area contributed by atoms with Crippen molar-refractivity contribution in [1.29, 1.82) is 0 Å². The molecule has 2 N–H and O–H groups in total. The van der Waals surface area contributed by atoms with Gasteiger partial charge in [0, 0.05) is 12.1 Å². The molecule has 2 nitrogen and oxygen atoms in total. The molecule has 0 heterocycles. The maximum absolute atomic E-state index is 13.4. The molecule has 0 spiro atoms. The Bertz CT molecular complexity index is 597. The number of anilines is 1. The SMILES string of the molecule is Cc1ccc(Oc2cc(C)c(F)cc2N)cc1F. The van der Waals surface area contributed by atoms with Crippen LogP contribution in [0.1, 0.15) is 11.1 Å². The minimum atomic E-state index is -0.394. The third kappa shape index (κ3) is 2.42. The Morgan fingerprint density at radius 2 is 1.61 bits per heavy atom. The van der Waals surface area contributed by atoms with Crippen LogP contribution in [0.5, 0.6) is 11.5 Å². The first kappa shape index (κ1) is 12.4. The van der Waals surface area contributed by atoms with Gasteiger partial charge >= 0.3 is 0 Å². The fraction of sp³-hybridized carbons (Fsp3) is 0.143. The number of nitrogens with two attached hydrogens (primary N) is 1. The molecule has 0 aliphatic heterocycles. The number of rotatable bonds is 2. The van der Waals surface area contributed by atoms with E-state index in [0.29, 0.717) is 22.6 Å². The fourth-order valence-corrected chi connectivity index (χ4v) is 1.52. The summed E-state index contributed by atoms with van der Waals surface area (Å²) in [5, 5.41) is 0. The van der Waals surface area contributed by atoms with Crippen molar-refractivity contribution in [3.63, 3.8) is 0 Å². The zero-order valence-corrected chi connectivity index (χ0v) is 10.1. The van der Waals surface area contributed by atoms with E-state index in [2.05, 4.69) is 0 Å². The Balaban J connectivity index is 2.34. The molecule has 0 atom stereocenters. The van der Waals surface area contributed by atoms with Crippen molar-refractivity contribution in [3.05, 3.63) is 53.1 Å². The van der Waals surface area contributed by atoms with E-state index in [4.69, 9.17) is 10.5 Å². The summed E-state index contributed by atoms with van der Waals surface area (Å²) in [6, 6.07) is 7.19. The average Bonchev–Trinajstić information content (AvgIpc) is 2.31.